The molecule has 1 aliphatic carbocycles. The van der Waals surface area contributed by atoms with Crippen molar-refractivity contribution in [3.8, 4) is 0 Å². The van der Waals surface area contributed by atoms with Crippen molar-refractivity contribution in [2.24, 2.45) is 0 Å². The van der Waals surface area contributed by atoms with Gasteiger partial charge in [-0.3, -0.25) is 9.20 Å². The Balaban J connectivity index is 1.73. The Hall–Kier alpha value is -1.81. The van der Waals surface area contributed by atoms with Crippen molar-refractivity contribution in [1.82, 2.24) is 14.7 Å². The maximum Gasteiger partial charge on any atom is 0.270 e. The second-order valence-electron chi connectivity index (χ2n) is 5.95. The van der Waals surface area contributed by atoms with E-state index in [2.05, 4.69) is 16.4 Å². The summed E-state index contributed by atoms with van der Waals surface area (Å²) in [5.74, 6) is -0.0620. The Labute approximate surface area is 141 Å². The molecular weight excluding hydrogens is 310 g/mol. The van der Waals surface area contributed by atoms with Gasteiger partial charge in [-0.15, -0.1) is 0 Å². The van der Waals surface area contributed by atoms with Gasteiger partial charge >= 0.3 is 0 Å². The van der Waals surface area contributed by atoms with Crippen LogP contribution in [0.2, 0.25) is 5.02 Å². The van der Waals surface area contributed by atoms with Crippen molar-refractivity contribution in [1.29, 1.82) is 0 Å². The van der Waals surface area contributed by atoms with Gasteiger partial charge in [-0.2, -0.15) is 0 Å². The number of carbonyl (C=O) groups excluding carboxylic acids is 1. The summed E-state index contributed by atoms with van der Waals surface area (Å²) in [5, 5.41) is 3.67. The summed E-state index contributed by atoms with van der Waals surface area (Å²) in [5.41, 5.74) is 3.62. The molecule has 1 N–H and O–H groups in total. The van der Waals surface area contributed by atoms with Crippen LogP contribution >= 0.6 is 11.6 Å². The first-order chi connectivity index (χ1) is 11.2. The first-order valence-corrected chi connectivity index (χ1v) is 8.69. The van der Waals surface area contributed by atoms with Gasteiger partial charge in [0.05, 0.1) is 5.69 Å². The Morgan fingerprint density at radius 1 is 1.43 bits per heavy atom. The van der Waals surface area contributed by atoms with Crippen molar-refractivity contribution in [3.05, 3.63) is 46.4 Å². The van der Waals surface area contributed by atoms with Gasteiger partial charge in [-0.05, 0) is 44.6 Å². The molecule has 0 aliphatic heterocycles. The van der Waals surface area contributed by atoms with Gasteiger partial charge in [0.2, 0.25) is 0 Å². The third-order valence-electron chi connectivity index (χ3n) is 4.33. The van der Waals surface area contributed by atoms with Crippen LogP contribution in [0.3, 0.4) is 0 Å². The molecule has 1 aliphatic rings. The molecule has 0 aromatic carbocycles. The molecule has 5 heteroatoms. The fraction of sp³-hybridized carbons (Fsp3) is 0.444. The van der Waals surface area contributed by atoms with E-state index >= 15 is 0 Å². The van der Waals surface area contributed by atoms with E-state index < -0.39 is 0 Å². The van der Waals surface area contributed by atoms with E-state index in [0.717, 1.165) is 17.8 Å². The average molecular weight is 332 g/mol. The van der Waals surface area contributed by atoms with Crippen LogP contribution in [-0.4, -0.2) is 21.8 Å². The summed E-state index contributed by atoms with van der Waals surface area (Å²) in [6.45, 7) is 2.68. The van der Waals surface area contributed by atoms with Crippen molar-refractivity contribution in [2.75, 3.05) is 6.54 Å². The number of aromatic nitrogens is 2. The number of hydrogen-bond acceptors (Lipinski definition) is 2. The molecule has 1 amide bonds. The molecule has 0 fully saturated rings. The molecule has 0 saturated heterocycles. The summed E-state index contributed by atoms with van der Waals surface area (Å²) >= 11 is 6.01. The van der Waals surface area contributed by atoms with E-state index in [1.165, 1.54) is 31.3 Å². The highest BCUT2D eigenvalue weighted by Gasteiger charge is 2.18. The molecule has 0 unspecified atom stereocenters. The lowest BCUT2D eigenvalue weighted by Gasteiger charge is -2.13. The molecule has 2 aromatic rings. The maximum atomic E-state index is 12.6. The van der Waals surface area contributed by atoms with Crippen LogP contribution in [-0.2, 0) is 6.42 Å². The summed E-state index contributed by atoms with van der Waals surface area (Å²) in [6.07, 6.45) is 10.7. The van der Waals surface area contributed by atoms with Crippen molar-refractivity contribution in [3.63, 3.8) is 0 Å². The van der Waals surface area contributed by atoms with Gasteiger partial charge in [0.1, 0.15) is 11.3 Å². The maximum absolute atomic E-state index is 12.6. The van der Waals surface area contributed by atoms with E-state index in [0.29, 0.717) is 23.7 Å². The normalized spacial score (nSPS) is 14.8. The topological polar surface area (TPSA) is 46.4 Å². The minimum atomic E-state index is -0.0620. The van der Waals surface area contributed by atoms with Crippen LogP contribution in [0, 0.1) is 0 Å². The highest BCUT2D eigenvalue weighted by Crippen LogP contribution is 2.20. The Kier molecular flexibility index (Phi) is 5.01. The van der Waals surface area contributed by atoms with E-state index in [-0.39, 0.29) is 5.91 Å². The molecule has 0 saturated carbocycles. The average Bonchev–Trinajstić information content (AvgIpc) is 2.93. The van der Waals surface area contributed by atoms with Crippen LogP contribution in [0.5, 0.6) is 0 Å². The van der Waals surface area contributed by atoms with Gasteiger partial charge in [0, 0.05) is 23.8 Å². The number of allylic oxidation sites excluding steroid dienone is 1. The van der Waals surface area contributed by atoms with E-state index in [4.69, 9.17) is 11.6 Å². The van der Waals surface area contributed by atoms with Crippen LogP contribution in [0.25, 0.3) is 5.65 Å². The number of carbonyl (C=O) groups is 1. The monoisotopic (exact) mass is 331 g/mol. The van der Waals surface area contributed by atoms with Gasteiger partial charge in [-0.25, -0.2) is 4.98 Å². The summed E-state index contributed by atoms with van der Waals surface area (Å²) < 4.78 is 1.82. The van der Waals surface area contributed by atoms with Crippen LogP contribution in [0.4, 0.5) is 0 Å². The van der Waals surface area contributed by atoms with Gasteiger partial charge in [0.25, 0.3) is 5.91 Å². The second-order valence-corrected chi connectivity index (χ2v) is 6.38. The fourth-order valence-electron chi connectivity index (χ4n) is 3.11. The molecule has 3 rings (SSSR count). The molecule has 23 heavy (non-hydrogen) atoms. The zero-order chi connectivity index (χ0) is 16.2. The number of imidazole rings is 1. The van der Waals surface area contributed by atoms with E-state index in [1.54, 1.807) is 12.1 Å². The van der Waals surface area contributed by atoms with Crippen LogP contribution in [0.15, 0.2) is 30.0 Å². The number of hydrogen-bond donors (Lipinski definition) is 1. The molecular formula is C18H22ClN3O. The minimum absolute atomic E-state index is 0.0620. The lowest BCUT2D eigenvalue weighted by atomic mass is 9.97. The highest BCUT2D eigenvalue weighted by atomic mass is 35.5. The number of nitrogens with zero attached hydrogens (tertiary/aromatic N) is 2. The lowest BCUT2D eigenvalue weighted by molar-refractivity contribution is 0.0947. The van der Waals surface area contributed by atoms with E-state index in [1.807, 2.05) is 17.5 Å². The van der Waals surface area contributed by atoms with Crippen molar-refractivity contribution < 1.29 is 4.79 Å². The zero-order valence-electron chi connectivity index (χ0n) is 13.4. The molecule has 2 aromatic heterocycles. The quantitative estimate of drug-likeness (QED) is 0.836. The Morgan fingerprint density at radius 3 is 3.04 bits per heavy atom. The summed E-state index contributed by atoms with van der Waals surface area (Å²) in [4.78, 5) is 17.1. The fourth-order valence-corrected chi connectivity index (χ4v) is 3.26. The first-order valence-electron chi connectivity index (χ1n) is 8.31. The number of pyridine rings is 1. The number of fused-ring (bicyclic) bond motifs is 1. The zero-order valence-corrected chi connectivity index (χ0v) is 14.2. The van der Waals surface area contributed by atoms with Crippen LogP contribution < -0.4 is 5.32 Å². The molecule has 0 radical (unpaired) electrons. The summed E-state index contributed by atoms with van der Waals surface area (Å²) in [6, 6.07) is 3.56. The third-order valence-corrected chi connectivity index (χ3v) is 4.56. The Bertz CT molecular complexity index is 748. The number of aryl methyl sites for hydroxylation is 1. The van der Waals surface area contributed by atoms with E-state index in [9.17, 15) is 4.79 Å². The number of halogens is 1. The standard InChI is InChI=1S/C18H22ClN3O/c1-2-15-17(22-11-9-14(19)12-16(22)21-15)18(23)20-10-8-13-6-4-3-5-7-13/h6,9,11-12H,2-5,7-8,10H2,1H3,(H,20,23). The largest absolute Gasteiger partial charge is 0.350 e. The molecule has 4 nitrogen and oxygen atoms in total. The minimum Gasteiger partial charge on any atom is -0.350 e. The summed E-state index contributed by atoms with van der Waals surface area (Å²) in [7, 11) is 0. The number of rotatable bonds is 5. The first kappa shape index (κ1) is 16.1. The molecule has 122 valence electrons. The smallest absolute Gasteiger partial charge is 0.270 e. The molecule has 2 heterocycles. The van der Waals surface area contributed by atoms with Crippen molar-refractivity contribution >= 4 is 23.2 Å². The molecule has 0 atom stereocenters. The molecule has 0 spiro atoms. The predicted molar refractivity (Wildman–Crippen MR) is 93.1 cm³/mol. The van der Waals surface area contributed by atoms with Crippen molar-refractivity contribution in [2.45, 2.75) is 45.4 Å². The molecule has 0 bridgehead atoms. The van der Waals surface area contributed by atoms with Gasteiger partial charge < -0.3 is 5.32 Å². The second kappa shape index (κ2) is 7.18. The number of amides is 1. The SMILES string of the molecule is CCc1nc2cc(Cl)ccn2c1C(=O)NCCC1=CCCCC1. The van der Waals surface area contributed by atoms with Crippen LogP contribution in [0.1, 0.15) is 55.2 Å². The van der Waals surface area contributed by atoms with Gasteiger partial charge in [0.15, 0.2) is 0 Å². The van der Waals surface area contributed by atoms with Gasteiger partial charge in [-0.1, -0.05) is 30.2 Å². The highest BCUT2D eigenvalue weighted by molar-refractivity contribution is 6.30. The third kappa shape index (κ3) is 3.58. The Morgan fingerprint density at radius 2 is 2.30 bits per heavy atom. The number of nitrogens with one attached hydrogen (secondary N) is 1. The lowest BCUT2D eigenvalue weighted by Crippen LogP contribution is -2.27. The predicted octanol–water partition coefficient (Wildman–Crippen LogP) is 4.17.